The molecule has 4 aromatic heterocycles. The zero-order valence-corrected chi connectivity index (χ0v) is 49.6. The molecule has 8 aromatic rings. The van der Waals surface area contributed by atoms with Crippen molar-refractivity contribution in [3.63, 3.8) is 0 Å². The Morgan fingerprint density at radius 1 is 0.532 bits per heavy atom. The van der Waals surface area contributed by atoms with E-state index in [4.69, 9.17) is 4.74 Å². The van der Waals surface area contributed by atoms with Crippen LogP contribution < -0.4 is 29.6 Å². The first-order chi connectivity index (χ1) is 37.7. The third kappa shape index (κ3) is 10.5. The molecule has 2 saturated heterocycles. The summed E-state index contributed by atoms with van der Waals surface area (Å²) in [4.78, 5) is 29.8. The molecule has 2 atom stereocenters. The summed E-state index contributed by atoms with van der Waals surface area (Å²) in [5.74, 6) is 0.876. The number of carboxylic acid groups (broad SMARTS) is 1. The quantitative estimate of drug-likeness (QED) is 0.119. The maximum atomic E-state index is 12.6. The minimum atomic E-state index is -0.848. The van der Waals surface area contributed by atoms with Crippen LogP contribution in [0.25, 0.3) is 66.1 Å². The first kappa shape index (κ1) is 55.8. The molecule has 0 bridgehead atoms. The van der Waals surface area contributed by atoms with Gasteiger partial charge >= 0.3 is 41.5 Å². The minimum absolute atomic E-state index is 0. The smallest absolute Gasteiger partial charge is 0.870 e. The van der Waals surface area contributed by atoms with Crippen molar-refractivity contribution in [2.24, 2.45) is 11.8 Å². The van der Waals surface area contributed by atoms with Crippen LogP contribution in [0.5, 0.6) is 0 Å². The summed E-state index contributed by atoms with van der Waals surface area (Å²) in [7, 11) is 1.47. The number of para-hydroxylation sites is 2. The molecule has 4 fully saturated rings. The van der Waals surface area contributed by atoms with Gasteiger partial charge in [0.15, 0.2) is 0 Å². The van der Waals surface area contributed by atoms with Gasteiger partial charge in [-0.25, -0.2) is 9.59 Å². The van der Waals surface area contributed by atoms with Gasteiger partial charge in [-0.05, 0) is 148 Å². The number of carboxylic acids is 1. The van der Waals surface area contributed by atoms with E-state index in [1.54, 1.807) is 0 Å². The maximum Gasteiger partial charge on any atom is 1.00 e. The average Bonchev–Trinajstić information content (AvgIpc) is 4.35. The van der Waals surface area contributed by atoms with Gasteiger partial charge < -0.3 is 33.6 Å². The first-order valence-corrected chi connectivity index (χ1v) is 30.0. The van der Waals surface area contributed by atoms with Crippen LogP contribution in [0.15, 0.2) is 85.2 Å². The van der Waals surface area contributed by atoms with E-state index in [1.165, 1.54) is 219 Å². The number of ether oxygens (including phenoxy) is 1. The molecule has 0 radical (unpaired) electrons. The van der Waals surface area contributed by atoms with E-state index < -0.39 is 5.97 Å². The molecule has 0 spiro atoms. The van der Waals surface area contributed by atoms with Crippen LogP contribution >= 0.6 is 0 Å². The van der Waals surface area contributed by atoms with Gasteiger partial charge in [-0.1, -0.05) is 114 Å². The molecule has 79 heavy (non-hydrogen) atoms. The molecule has 2 N–H and O–H groups in total. The molecule has 410 valence electrons. The predicted molar refractivity (Wildman–Crippen MR) is 314 cm³/mol. The molecule has 2 unspecified atom stereocenters. The summed E-state index contributed by atoms with van der Waals surface area (Å²) >= 11 is 0. The van der Waals surface area contributed by atoms with E-state index in [-0.39, 0.29) is 41.0 Å². The van der Waals surface area contributed by atoms with Gasteiger partial charge in [-0.2, -0.15) is 0 Å². The largest absolute Gasteiger partial charge is 1.00 e. The summed E-state index contributed by atoms with van der Waals surface area (Å²) in [6.45, 7) is 15.5. The van der Waals surface area contributed by atoms with E-state index in [2.05, 4.69) is 109 Å². The topological polar surface area (TPSA) is 120 Å². The molecule has 6 aliphatic rings. The molecule has 12 heteroatoms. The van der Waals surface area contributed by atoms with Crippen molar-refractivity contribution < 1.29 is 54.5 Å². The Labute approximate surface area is 488 Å². The summed E-state index contributed by atoms with van der Waals surface area (Å²) in [5, 5.41) is 15.2. The van der Waals surface area contributed by atoms with Gasteiger partial charge in [-0.15, -0.1) is 0 Å². The molecule has 4 aliphatic heterocycles. The second-order valence-corrected chi connectivity index (χ2v) is 24.6. The third-order valence-electron chi connectivity index (χ3n) is 19.1. The number of likely N-dealkylation sites (tertiary alicyclic amines) is 2. The third-order valence-corrected chi connectivity index (χ3v) is 19.1. The first-order valence-electron chi connectivity index (χ1n) is 30.0. The van der Waals surface area contributed by atoms with Crippen LogP contribution in [0.3, 0.4) is 0 Å². The fourth-order valence-corrected chi connectivity index (χ4v) is 15.6. The average molecular weight is 1070 g/mol. The van der Waals surface area contributed by atoms with Gasteiger partial charge in [0.05, 0.1) is 40.7 Å². The van der Waals surface area contributed by atoms with Crippen LogP contribution in [-0.4, -0.2) is 83.9 Å². The van der Waals surface area contributed by atoms with Crippen molar-refractivity contribution in [1.29, 1.82) is 0 Å². The molecular weight excluding hydrogens is 992 g/mol. The number of rotatable bonds is 8. The number of fused-ring (bicyclic) bond motifs is 8. The monoisotopic (exact) mass is 1070 g/mol. The zero-order valence-electron chi connectivity index (χ0n) is 47.6. The van der Waals surface area contributed by atoms with E-state index in [0.717, 1.165) is 44.8 Å². The molecule has 2 aliphatic carbocycles. The summed E-state index contributed by atoms with van der Waals surface area (Å²) in [5.41, 5.74) is 17.4. The summed E-state index contributed by atoms with van der Waals surface area (Å²) in [6, 6.07) is 26.0. The number of hydrogen-bond donors (Lipinski definition) is 1. The number of carbonyl (C=O) groups is 2. The van der Waals surface area contributed by atoms with Gasteiger partial charge in [0.1, 0.15) is 0 Å². The molecule has 14 rings (SSSR count). The fourth-order valence-electron chi connectivity index (χ4n) is 15.6. The van der Waals surface area contributed by atoms with Crippen molar-refractivity contribution in [3.05, 3.63) is 119 Å². The number of esters is 1. The van der Waals surface area contributed by atoms with E-state index in [0.29, 0.717) is 34.8 Å². The van der Waals surface area contributed by atoms with Crippen molar-refractivity contribution in [1.82, 2.24) is 28.1 Å². The zero-order chi connectivity index (χ0) is 52.3. The van der Waals surface area contributed by atoms with Crippen LogP contribution in [0.4, 0.5) is 0 Å². The number of nitrogens with zero attached hydrogens (tertiary/aromatic N) is 6. The van der Waals surface area contributed by atoms with Crippen molar-refractivity contribution in [3.8, 4) is 22.5 Å². The predicted octanol–water partition coefficient (Wildman–Crippen LogP) is 12.2. The fraction of sp³-hybridized carbons (Fsp3) is 0.493. The second-order valence-electron chi connectivity index (χ2n) is 24.6. The summed E-state index contributed by atoms with van der Waals surface area (Å²) < 4.78 is 15.3. The molecule has 8 heterocycles. The van der Waals surface area contributed by atoms with Gasteiger partial charge in [0, 0.05) is 95.4 Å². The molecular formula is C67H81N6NaO5. The Hall–Kier alpha value is -5.14. The van der Waals surface area contributed by atoms with Crippen LogP contribution in [0, 0.1) is 11.8 Å². The normalized spacial score (nSPS) is 20.2. The number of aromatic carboxylic acids is 1. The molecule has 11 nitrogen and oxygen atoms in total. The minimum Gasteiger partial charge on any atom is -0.870 e. The van der Waals surface area contributed by atoms with Crippen molar-refractivity contribution >= 4 is 55.6 Å². The molecule has 2 saturated carbocycles. The van der Waals surface area contributed by atoms with Gasteiger partial charge in [-0.3, -0.25) is 9.80 Å². The Bertz CT molecular complexity index is 3520. The number of carbonyl (C=O) groups excluding carboxylic acids is 1. The Balaban J connectivity index is 0.000000163. The van der Waals surface area contributed by atoms with Crippen molar-refractivity contribution in [2.45, 2.75) is 168 Å². The number of piperidine rings is 2. The summed E-state index contributed by atoms with van der Waals surface area (Å²) in [6.07, 6.45) is 25.7. The number of aromatic nitrogens is 4. The van der Waals surface area contributed by atoms with Crippen molar-refractivity contribution in [2.75, 3.05) is 33.3 Å². The van der Waals surface area contributed by atoms with Crippen LogP contribution in [0.2, 0.25) is 0 Å². The van der Waals surface area contributed by atoms with E-state index in [1.807, 2.05) is 18.2 Å². The Morgan fingerprint density at radius 2 is 0.949 bits per heavy atom. The van der Waals surface area contributed by atoms with E-state index in [9.17, 15) is 14.7 Å². The van der Waals surface area contributed by atoms with E-state index >= 15 is 0 Å². The number of benzene rings is 4. The standard InChI is InChI=1S/C34H41N3O2.C33H39N3O2.Na.H2O/c1-23-19-36-22-26(21-35-16-7-4-8-17-35)27-12-9-13-29(32(27)36)33-31(24-10-5-3-6-11-24)28-15-14-25(34(38)39-2)18-30(28)37(33)20-23;1-22-18-35-21-25(20-34-15-6-3-7-16-34)26-11-8-12-28(31(26)35)32-30(23-9-4-2-5-10-23)27-14-13-24(33(37)38)17-29(27)36(32)19-22;;/h9,12-15,18,22-24H,3-8,10-11,16-17,19-21H2,1-2H3;8,11-14,17,21-23H,2-7,9-10,15-16,18-20H2,1H3,(H,37,38);;1H2/q;;+1;/p-1. The Kier molecular flexibility index (Phi) is 16.8. The van der Waals surface area contributed by atoms with Gasteiger partial charge in [0.2, 0.25) is 0 Å². The maximum absolute atomic E-state index is 12.6. The number of hydrogen-bond acceptors (Lipinski definition) is 6. The Morgan fingerprint density at radius 3 is 1.38 bits per heavy atom. The molecule has 4 aromatic carbocycles. The van der Waals surface area contributed by atoms with Crippen LogP contribution in [-0.2, 0) is 44.0 Å². The molecule has 0 amide bonds. The van der Waals surface area contributed by atoms with Gasteiger partial charge in [0.25, 0.3) is 0 Å². The number of methoxy groups -OCH3 is 1. The SMILES string of the molecule is CC1Cn2cc(CN3CCCCC3)c3cccc(c32)-c2c(C3CCCCC3)c3ccc(C(=O)O)cc3n2C1.COC(=O)c1ccc2c(C3CCCCC3)c3n(c2c1)CC(C)Cn1cc(CN2CCCCC2)c2cccc-3c21.[Na+].[OH-]. The second kappa shape index (κ2) is 23.8. The van der Waals surface area contributed by atoms with Crippen LogP contribution in [0.1, 0.15) is 171 Å².